The molecule has 0 spiro atoms. The molecule has 5 rings (SSSR count). The molecule has 0 radical (unpaired) electrons. The van der Waals surface area contributed by atoms with E-state index in [2.05, 4.69) is 21.3 Å². The summed E-state index contributed by atoms with van der Waals surface area (Å²) in [7, 11) is 0. The largest absolute Gasteiger partial charge is 0.399 e. The minimum atomic E-state index is -0.385. The van der Waals surface area contributed by atoms with Gasteiger partial charge in [0, 0.05) is 34.1 Å². The average Bonchev–Trinajstić information content (AvgIpc) is 2.99. The number of nitrogens with one attached hydrogen (secondary N) is 4. The van der Waals surface area contributed by atoms with E-state index in [4.69, 9.17) is 11.5 Å². The van der Waals surface area contributed by atoms with Crippen molar-refractivity contribution in [2.24, 2.45) is 0 Å². The molecular weight excluding hydrogens is 536 g/mol. The fourth-order valence-electron chi connectivity index (χ4n) is 4.57. The standard InChI is InChI=1S/C35H34N6O2/c1-23-2-15-32(40-34(42)38-30-16-7-26(8-17-30)20-24-3-11-28(36)12-4-24)22-33(23)41-35(43)39-31-18-9-27(10-19-31)21-25-5-13-29(37)14-6-25/h2-19,22H,20-21,36-37H2,1H3,(H2,38,40,42)(H2,39,41,43). The van der Waals surface area contributed by atoms with E-state index >= 15 is 0 Å². The number of carbonyl (C=O) groups excluding carboxylic acids is 2. The van der Waals surface area contributed by atoms with Crippen LogP contribution < -0.4 is 32.7 Å². The van der Waals surface area contributed by atoms with Gasteiger partial charge >= 0.3 is 12.1 Å². The van der Waals surface area contributed by atoms with Crippen LogP contribution in [0.15, 0.2) is 115 Å². The molecule has 0 bridgehead atoms. The van der Waals surface area contributed by atoms with Crippen molar-refractivity contribution in [3.05, 3.63) is 143 Å². The zero-order valence-corrected chi connectivity index (χ0v) is 23.9. The molecule has 0 aliphatic rings. The molecule has 0 aliphatic carbocycles. The van der Waals surface area contributed by atoms with E-state index in [-0.39, 0.29) is 12.1 Å². The van der Waals surface area contributed by atoms with Crippen LogP contribution in [0.25, 0.3) is 0 Å². The van der Waals surface area contributed by atoms with Gasteiger partial charge in [-0.25, -0.2) is 9.59 Å². The Balaban J connectivity index is 1.12. The molecule has 5 aromatic rings. The van der Waals surface area contributed by atoms with Gasteiger partial charge in [-0.2, -0.15) is 0 Å². The third-order valence-electron chi connectivity index (χ3n) is 6.94. The van der Waals surface area contributed by atoms with Gasteiger partial charge in [0.05, 0.1) is 0 Å². The quantitative estimate of drug-likeness (QED) is 0.107. The molecule has 0 heterocycles. The van der Waals surface area contributed by atoms with Gasteiger partial charge < -0.3 is 32.7 Å². The second-order valence-corrected chi connectivity index (χ2v) is 10.4. The number of carbonyl (C=O) groups is 2. The summed E-state index contributed by atoms with van der Waals surface area (Å²) in [6.45, 7) is 1.89. The third kappa shape index (κ3) is 8.37. The summed E-state index contributed by atoms with van der Waals surface area (Å²) >= 11 is 0. The summed E-state index contributed by atoms with van der Waals surface area (Å²) in [6, 6.07) is 35.5. The van der Waals surface area contributed by atoms with Crippen molar-refractivity contribution >= 4 is 46.2 Å². The first-order valence-electron chi connectivity index (χ1n) is 13.9. The minimum Gasteiger partial charge on any atom is -0.399 e. The van der Waals surface area contributed by atoms with Gasteiger partial charge in [0.25, 0.3) is 0 Å². The van der Waals surface area contributed by atoms with Crippen LogP contribution in [0.5, 0.6) is 0 Å². The summed E-state index contributed by atoms with van der Waals surface area (Å²) in [5, 5.41) is 11.4. The maximum absolute atomic E-state index is 12.7. The molecule has 0 aromatic heterocycles. The number of hydrogen-bond acceptors (Lipinski definition) is 4. The average molecular weight is 571 g/mol. The molecule has 43 heavy (non-hydrogen) atoms. The van der Waals surface area contributed by atoms with Crippen LogP contribution in [0.3, 0.4) is 0 Å². The van der Waals surface area contributed by atoms with Crippen molar-refractivity contribution in [1.29, 1.82) is 0 Å². The van der Waals surface area contributed by atoms with E-state index in [9.17, 15) is 9.59 Å². The molecule has 8 nitrogen and oxygen atoms in total. The van der Waals surface area contributed by atoms with Crippen LogP contribution in [-0.2, 0) is 12.8 Å². The Morgan fingerprint density at radius 3 is 1.28 bits per heavy atom. The monoisotopic (exact) mass is 570 g/mol. The lowest BCUT2D eigenvalue weighted by Gasteiger charge is -2.13. The van der Waals surface area contributed by atoms with Gasteiger partial charge in [-0.05, 0) is 108 Å². The Kier molecular flexibility index (Phi) is 8.87. The van der Waals surface area contributed by atoms with Crippen molar-refractivity contribution in [3.8, 4) is 0 Å². The number of aryl methyl sites for hydroxylation is 1. The predicted octanol–water partition coefficient (Wildman–Crippen LogP) is 7.63. The number of nitrogens with two attached hydrogens (primary N) is 2. The van der Waals surface area contributed by atoms with Gasteiger partial charge in [-0.1, -0.05) is 54.6 Å². The van der Waals surface area contributed by atoms with Crippen molar-refractivity contribution < 1.29 is 9.59 Å². The number of anilines is 6. The van der Waals surface area contributed by atoms with Gasteiger partial charge in [0.1, 0.15) is 0 Å². The zero-order chi connectivity index (χ0) is 30.2. The molecule has 8 N–H and O–H groups in total. The van der Waals surface area contributed by atoms with Crippen molar-refractivity contribution in [2.75, 3.05) is 32.7 Å². The SMILES string of the molecule is Cc1ccc(NC(=O)Nc2ccc(Cc3ccc(N)cc3)cc2)cc1NC(=O)Nc1ccc(Cc2ccc(N)cc2)cc1. The maximum Gasteiger partial charge on any atom is 0.323 e. The number of urea groups is 2. The summed E-state index contributed by atoms with van der Waals surface area (Å²) in [6.07, 6.45) is 1.55. The number of amides is 4. The Bertz CT molecular complexity index is 1700. The van der Waals surface area contributed by atoms with Crippen LogP contribution in [0.4, 0.5) is 43.7 Å². The fraction of sp³-hybridized carbons (Fsp3) is 0.0857. The van der Waals surface area contributed by atoms with Crippen LogP contribution in [-0.4, -0.2) is 12.1 Å². The highest BCUT2D eigenvalue weighted by molar-refractivity contribution is 6.02. The second-order valence-electron chi connectivity index (χ2n) is 10.4. The molecule has 0 saturated heterocycles. The zero-order valence-electron chi connectivity index (χ0n) is 23.9. The van der Waals surface area contributed by atoms with Crippen LogP contribution in [0.1, 0.15) is 27.8 Å². The van der Waals surface area contributed by atoms with Crippen LogP contribution >= 0.6 is 0 Å². The van der Waals surface area contributed by atoms with Crippen LogP contribution in [0, 0.1) is 6.92 Å². The summed E-state index contributed by atoms with van der Waals surface area (Å²) in [4.78, 5) is 25.4. The molecule has 0 saturated carbocycles. The molecule has 5 aromatic carbocycles. The van der Waals surface area contributed by atoms with Crippen LogP contribution in [0.2, 0.25) is 0 Å². The highest BCUT2D eigenvalue weighted by Crippen LogP contribution is 2.22. The first-order valence-corrected chi connectivity index (χ1v) is 13.9. The predicted molar refractivity (Wildman–Crippen MR) is 177 cm³/mol. The third-order valence-corrected chi connectivity index (χ3v) is 6.94. The molecule has 0 unspecified atom stereocenters. The lowest BCUT2D eigenvalue weighted by Crippen LogP contribution is -2.21. The van der Waals surface area contributed by atoms with Crippen molar-refractivity contribution in [2.45, 2.75) is 19.8 Å². The number of rotatable bonds is 8. The highest BCUT2D eigenvalue weighted by Gasteiger charge is 2.09. The first kappa shape index (κ1) is 28.8. The molecule has 0 atom stereocenters. The van der Waals surface area contributed by atoms with E-state index < -0.39 is 0 Å². The van der Waals surface area contributed by atoms with Gasteiger partial charge in [-0.15, -0.1) is 0 Å². The topological polar surface area (TPSA) is 134 Å². The molecule has 4 amide bonds. The molecule has 8 heteroatoms. The Hall–Kier alpha value is -5.76. The van der Waals surface area contributed by atoms with Gasteiger partial charge in [0.15, 0.2) is 0 Å². The number of nitrogen functional groups attached to an aromatic ring is 2. The summed E-state index contributed by atoms with van der Waals surface area (Å²) in [5.41, 5.74) is 20.9. The number of benzene rings is 5. The number of hydrogen-bond donors (Lipinski definition) is 6. The van der Waals surface area contributed by atoms with E-state index in [1.54, 1.807) is 12.1 Å². The van der Waals surface area contributed by atoms with Gasteiger partial charge in [0.2, 0.25) is 0 Å². The molecular formula is C35H34N6O2. The second kappa shape index (κ2) is 13.3. The molecule has 0 aliphatic heterocycles. The lowest BCUT2D eigenvalue weighted by molar-refractivity contribution is 0.261. The summed E-state index contributed by atoms with van der Waals surface area (Å²) < 4.78 is 0. The minimum absolute atomic E-state index is 0.380. The fourth-order valence-corrected chi connectivity index (χ4v) is 4.57. The lowest BCUT2D eigenvalue weighted by atomic mass is 10.0. The Morgan fingerprint density at radius 2 is 0.837 bits per heavy atom. The molecule has 216 valence electrons. The maximum atomic E-state index is 12.7. The first-order chi connectivity index (χ1) is 20.8. The molecule has 0 fully saturated rings. The van der Waals surface area contributed by atoms with Crippen molar-refractivity contribution in [1.82, 2.24) is 0 Å². The van der Waals surface area contributed by atoms with Gasteiger partial charge in [-0.3, -0.25) is 0 Å². The Labute approximate surface area is 251 Å². The van der Waals surface area contributed by atoms with E-state index in [0.29, 0.717) is 22.7 Å². The highest BCUT2D eigenvalue weighted by atomic mass is 16.2. The summed E-state index contributed by atoms with van der Waals surface area (Å²) in [5.74, 6) is 0. The normalized spacial score (nSPS) is 10.5. The van der Waals surface area contributed by atoms with Crippen molar-refractivity contribution in [3.63, 3.8) is 0 Å². The van der Waals surface area contributed by atoms with E-state index in [1.165, 1.54) is 0 Å². The van der Waals surface area contributed by atoms with E-state index in [1.807, 2.05) is 110 Å². The van der Waals surface area contributed by atoms with E-state index in [0.717, 1.165) is 52.0 Å². The Morgan fingerprint density at radius 1 is 0.488 bits per heavy atom. The smallest absolute Gasteiger partial charge is 0.323 e.